The van der Waals surface area contributed by atoms with Crippen molar-refractivity contribution in [3.8, 4) is 0 Å². The summed E-state index contributed by atoms with van der Waals surface area (Å²) in [6, 6.07) is 16.0. The Hall–Kier alpha value is -1.79. The first-order valence-electron chi connectivity index (χ1n) is 13.0. The Balaban J connectivity index is 1.80. The van der Waals surface area contributed by atoms with Gasteiger partial charge < -0.3 is 4.90 Å². The molecule has 0 N–H and O–H groups in total. The molecular weight excluding hydrogens is 590 g/mol. The molecule has 38 heavy (non-hydrogen) atoms. The molecule has 1 aliphatic heterocycles. The first kappa shape index (κ1) is 30.7. The molecule has 0 atom stereocenters. The molecule has 3 rings (SSSR count). The van der Waals surface area contributed by atoms with Crippen LogP contribution in [0.25, 0.3) is 0 Å². The minimum Gasteiger partial charge on any atom is -0.334 e. The molecule has 0 radical (unpaired) electrons. The quantitative estimate of drug-likeness (QED) is 0.349. The van der Waals surface area contributed by atoms with Gasteiger partial charge in [-0.2, -0.15) is 8.61 Å². The van der Waals surface area contributed by atoms with Gasteiger partial charge in [-0.25, -0.2) is 16.8 Å². The number of hydrogen-bond donors (Lipinski definition) is 0. The van der Waals surface area contributed by atoms with Crippen molar-refractivity contribution >= 4 is 41.9 Å². The molecule has 1 fully saturated rings. The predicted molar refractivity (Wildman–Crippen MR) is 153 cm³/mol. The predicted octanol–water partition coefficient (Wildman–Crippen LogP) is 4.33. The summed E-state index contributed by atoms with van der Waals surface area (Å²) in [5.74, 6) is -0.190. The number of rotatable bonds is 12. The van der Waals surface area contributed by atoms with E-state index in [1.165, 1.54) is 8.61 Å². The molecule has 210 valence electrons. The van der Waals surface area contributed by atoms with Gasteiger partial charge in [0, 0.05) is 36.7 Å². The van der Waals surface area contributed by atoms with Crippen molar-refractivity contribution in [2.24, 2.45) is 5.92 Å². The molecule has 0 aromatic heterocycles. The molecular formula is C27H38BrN3O5S2. The topological polar surface area (TPSA) is 95.1 Å². The van der Waals surface area contributed by atoms with E-state index in [2.05, 4.69) is 15.9 Å². The normalized spacial score (nSPS) is 15.7. The molecule has 2 aromatic carbocycles. The first-order chi connectivity index (χ1) is 17.9. The van der Waals surface area contributed by atoms with Gasteiger partial charge in [-0.1, -0.05) is 67.0 Å². The number of amides is 1. The van der Waals surface area contributed by atoms with Crippen LogP contribution in [0.5, 0.6) is 0 Å². The van der Waals surface area contributed by atoms with Crippen molar-refractivity contribution < 1.29 is 21.6 Å². The summed E-state index contributed by atoms with van der Waals surface area (Å²) in [7, 11) is -7.21. The number of piperidine rings is 1. The van der Waals surface area contributed by atoms with Crippen LogP contribution in [0.15, 0.2) is 64.0 Å². The van der Waals surface area contributed by atoms with Crippen LogP contribution >= 0.6 is 15.9 Å². The first-order valence-corrected chi connectivity index (χ1v) is 16.8. The van der Waals surface area contributed by atoms with E-state index in [0.29, 0.717) is 25.8 Å². The van der Waals surface area contributed by atoms with Gasteiger partial charge in [0.05, 0.1) is 17.2 Å². The van der Waals surface area contributed by atoms with E-state index in [1.807, 2.05) is 51.1 Å². The van der Waals surface area contributed by atoms with Crippen LogP contribution in [0, 0.1) is 5.92 Å². The number of carbonyl (C=O) groups excluding carboxylic acids is 1. The van der Waals surface area contributed by atoms with Crippen molar-refractivity contribution in [2.45, 2.75) is 57.5 Å². The van der Waals surface area contributed by atoms with Crippen LogP contribution in [0.3, 0.4) is 0 Å². The van der Waals surface area contributed by atoms with Gasteiger partial charge in [0.2, 0.25) is 26.0 Å². The third kappa shape index (κ3) is 8.11. The molecule has 2 aromatic rings. The lowest BCUT2D eigenvalue weighted by atomic mass is 10.0. The van der Waals surface area contributed by atoms with Crippen LogP contribution in [-0.2, 0) is 31.4 Å². The molecule has 0 aliphatic carbocycles. The van der Waals surface area contributed by atoms with E-state index < -0.39 is 20.0 Å². The van der Waals surface area contributed by atoms with Crippen molar-refractivity contribution in [3.63, 3.8) is 0 Å². The summed E-state index contributed by atoms with van der Waals surface area (Å²) in [5.41, 5.74) is 0.942. The van der Waals surface area contributed by atoms with E-state index in [-0.39, 0.29) is 54.7 Å². The zero-order chi connectivity index (χ0) is 27.9. The van der Waals surface area contributed by atoms with Gasteiger partial charge in [0.1, 0.15) is 0 Å². The monoisotopic (exact) mass is 627 g/mol. The van der Waals surface area contributed by atoms with Gasteiger partial charge >= 0.3 is 0 Å². The Bertz CT molecular complexity index is 1260. The highest BCUT2D eigenvalue weighted by atomic mass is 79.9. The molecule has 0 bridgehead atoms. The second-order valence-electron chi connectivity index (χ2n) is 10.1. The van der Waals surface area contributed by atoms with Crippen molar-refractivity contribution in [2.75, 3.05) is 31.9 Å². The molecule has 1 aliphatic rings. The van der Waals surface area contributed by atoms with E-state index in [1.54, 1.807) is 29.2 Å². The zero-order valence-corrected chi connectivity index (χ0v) is 25.5. The summed E-state index contributed by atoms with van der Waals surface area (Å²) in [4.78, 5) is 15.7. The summed E-state index contributed by atoms with van der Waals surface area (Å²) < 4.78 is 55.8. The maximum Gasteiger partial charge on any atom is 0.243 e. The fraction of sp³-hybridized carbons (Fsp3) is 0.519. The molecule has 0 spiro atoms. The van der Waals surface area contributed by atoms with Crippen molar-refractivity contribution in [1.29, 1.82) is 0 Å². The summed E-state index contributed by atoms with van der Waals surface area (Å²) in [6.07, 6.45) is 1.42. The van der Waals surface area contributed by atoms with Crippen LogP contribution in [-0.4, -0.2) is 74.2 Å². The average Bonchev–Trinajstić information content (AvgIpc) is 2.87. The second-order valence-corrected chi connectivity index (χ2v) is 15.0. The highest BCUT2D eigenvalue weighted by Crippen LogP contribution is 2.26. The van der Waals surface area contributed by atoms with Gasteiger partial charge in [-0.3, -0.25) is 4.79 Å². The van der Waals surface area contributed by atoms with E-state index in [9.17, 15) is 21.6 Å². The standard InChI is InChI=1S/C27H38BrN3O5S2/c1-4-18-37(33,34)30(19-22(2)3)21-27(32)31(20-23-8-6-5-7-9-23)25-14-16-29(17-15-25)38(35,36)26-12-10-24(28)11-13-26/h5-13,22,25H,4,14-21H2,1-3H3. The van der Waals surface area contributed by atoms with Crippen LogP contribution in [0.2, 0.25) is 0 Å². The van der Waals surface area contributed by atoms with Crippen LogP contribution in [0.4, 0.5) is 0 Å². The maximum absolute atomic E-state index is 13.7. The van der Waals surface area contributed by atoms with Crippen molar-refractivity contribution in [3.05, 3.63) is 64.6 Å². The number of hydrogen-bond acceptors (Lipinski definition) is 5. The summed E-state index contributed by atoms with van der Waals surface area (Å²) >= 11 is 3.34. The maximum atomic E-state index is 13.7. The van der Waals surface area contributed by atoms with Crippen LogP contribution < -0.4 is 0 Å². The Morgan fingerprint density at radius 3 is 2.16 bits per heavy atom. The van der Waals surface area contributed by atoms with E-state index in [4.69, 9.17) is 0 Å². The minimum absolute atomic E-state index is 0.00199. The Morgan fingerprint density at radius 1 is 1.00 bits per heavy atom. The second kappa shape index (κ2) is 13.5. The number of sulfonamides is 2. The molecule has 1 saturated heterocycles. The summed E-state index contributed by atoms with van der Waals surface area (Å²) in [6.45, 7) is 6.64. The Kier molecular flexibility index (Phi) is 10.9. The lowest BCUT2D eigenvalue weighted by Crippen LogP contribution is -2.51. The van der Waals surface area contributed by atoms with Gasteiger partial charge in [-0.15, -0.1) is 0 Å². The third-order valence-corrected chi connectivity index (χ3v) is 11.0. The highest BCUT2D eigenvalue weighted by Gasteiger charge is 2.35. The Morgan fingerprint density at radius 2 is 1.61 bits per heavy atom. The molecule has 1 heterocycles. The molecule has 0 unspecified atom stereocenters. The van der Waals surface area contributed by atoms with Crippen LogP contribution in [0.1, 0.15) is 45.6 Å². The number of nitrogens with zero attached hydrogens (tertiary/aromatic N) is 3. The smallest absolute Gasteiger partial charge is 0.243 e. The van der Waals surface area contributed by atoms with Gasteiger partial charge in [0.15, 0.2) is 0 Å². The average molecular weight is 629 g/mol. The lowest BCUT2D eigenvalue weighted by molar-refractivity contribution is -0.135. The van der Waals surface area contributed by atoms with Crippen molar-refractivity contribution in [1.82, 2.24) is 13.5 Å². The number of benzene rings is 2. The SMILES string of the molecule is CCCS(=O)(=O)N(CC(=O)N(Cc1ccccc1)C1CCN(S(=O)(=O)c2ccc(Br)cc2)CC1)CC(C)C. The fourth-order valence-electron chi connectivity index (χ4n) is 4.66. The highest BCUT2D eigenvalue weighted by molar-refractivity contribution is 9.10. The Labute approximate surface area is 236 Å². The van der Waals surface area contributed by atoms with Gasteiger partial charge in [0.25, 0.3) is 0 Å². The van der Waals surface area contributed by atoms with Gasteiger partial charge in [-0.05, 0) is 55.0 Å². The third-order valence-electron chi connectivity index (χ3n) is 6.57. The molecule has 0 saturated carbocycles. The fourth-order valence-corrected chi connectivity index (χ4v) is 8.00. The largest absolute Gasteiger partial charge is 0.334 e. The lowest BCUT2D eigenvalue weighted by Gasteiger charge is -2.39. The zero-order valence-electron chi connectivity index (χ0n) is 22.3. The summed E-state index contributed by atoms with van der Waals surface area (Å²) in [5, 5.41) is 0. The molecule has 11 heteroatoms. The van der Waals surface area contributed by atoms with E-state index >= 15 is 0 Å². The minimum atomic E-state index is -3.64. The molecule has 8 nitrogen and oxygen atoms in total. The van der Waals surface area contributed by atoms with E-state index in [0.717, 1.165) is 10.0 Å². The number of halogens is 1. The number of carbonyl (C=O) groups is 1. The molecule has 1 amide bonds.